The number of benzene rings is 1. The Kier molecular flexibility index (Phi) is 4.26. The summed E-state index contributed by atoms with van der Waals surface area (Å²) in [7, 11) is 0. The van der Waals surface area contributed by atoms with E-state index in [0.29, 0.717) is 5.69 Å². The van der Waals surface area contributed by atoms with Gasteiger partial charge >= 0.3 is 0 Å². The minimum absolute atomic E-state index is 0.148. The van der Waals surface area contributed by atoms with Gasteiger partial charge < -0.3 is 11.1 Å². The van der Waals surface area contributed by atoms with E-state index >= 15 is 0 Å². The highest BCUT2D eigenvalue weighted by Gasteiger charge is 2.44. The molecule has 0 radical (unpaired) electrons. The van der Waals surface area contributed by atoms with Crippen molar-refractivity contribution in [1.82, 2.24) is 15.3 Å². The van der Waals surface area contributed by atoms with Gasteiger partial charge in [0, 0.05) is 11.2 Å². The van der Waals surface area contributed by atoms with Gasteiger partial charge in [0.1, 0.15) is 5.69 Å². The summed E-state index contributed by atoms with van der Waals surface area (Å²) in [4.78, 5) is 20.9. The quantitative estimate of drug-likeness (QED) is 0.886. The summed E-state index contributed by atoms with van der Waals surface area (Å²) in [5.41, 5.74) is 9.28. The first-order valence-electron chi connectivity index (χ1n) is 8.40. The van der Waals surface area contributed by atoms with Gasteiger partial charge in [-0.1, -0.05) is 38.1 Å². The molecule has 0 saturated heterocycles. The SMILES string of the molecule is Cc1ccccc1CC1(NC(=O)c2cc(C(C)C)nc(N)n2)CC1. The second-order valence-electron chi connectivity index (χ2n) is 7.03. The van der Waals surface area contributed by atoms with Crippen LogP contribution in [0, 0.1) is 6.92 Å². The van der Waals surface area contributed by atoms with Crippen LogP contribution in [0.4, 0.5) is 5.95 Å². The number of anilines is 1. The third kappa shape index (κ3) is 3.55. The number of aromatic nitrogens is 2. The molecule has 1 aliphatic rings. The second-order valence-corrected chi connectivity index (χ2v) is 7.03. The van der Waals surface area contributed by atoms with Gasteiger partial charge in [0.05, 0.1) is 0 Å². The van der Waals surface area contributed by atoms with Crippen molar-refractivity contribution in [1.29, 1.82) is 0 Å². The molecule has 0 bridgehead atoms. The lowest BCUT2D eigenvalue weighted by molar-refractivity contribution is 0.0926. The first-order valence-corrected chi connectivity index (χ1v) is 8.40. The van der Waals surface area contributed by atoms with Crippen molar-refractivity contribution in [3.8, 4) is 0 Å². The Hall–Kier alpha value is -2.43. The zero-order valence-corrected chi connectivity index (χ0v) is 14.5. The highest BCUT2D eigenvalue weighted by atomic mass is 16.2. The molecule has 3 rings (SSSR count). The number of hydrogen-bond donors (Lipinski definition) is 2. The Bertz CT molecular complexity index is 766. The molecule has 0 unspecified atom stereocenters. The van der Waals surface area contributed by atoms with E-state index in [2.05, 4.69) is 34.3 Å². The van der Waals surface area contributed by atoms with Crippen molar-refractivity contribution in [2.45, 2.75) is 51.5 Å². The van der Waals surface area contributed by atoms with E-state index in [9.17, 15) is 4.79 Å². The smallest absolute Gasteiger partial charge is 0.270 e. The van der Waals surface area contributed by atoms with E-state index in [-0.39, 0.29) is 23.3 Å². The summed E-state index contributed by atoms with van der Waals surface area (Å²) in [6.07, 6.45) is 2.83. The molecule has 5 heteroatoms. The van der Waals surface area contributed by atoms with Crippen LogP contribution in [-0.4, -0.2) is 21.4 Å². The molecule has 24 heavy (non-hydrogen) atoms. The average Bonchev–Trinajstić information content (AvgIpc) is 3.28. The van der Waals surface area contributed by atoms with Crippen molar-refractivity contribution < 1.29 is 4.79 Å². The van der Waals surface area contributed by atoms with Crippen LogP contribution < -0.4 is 11.1 Å². The van der Waals surface area contributed by atoms with Gasteiger partial charge in [-0.25, -0.2) is 9.97 Å². The highest BCUT2D eigenvalue weighted by molar-refractivity contribution is 5.93. The van der Waals surface area contributed by atoms with Crippen molar-refractivity contribution in [2.24, 2.45) is 0 Å². The number of hydrogen-bond acceptors (Lipinski definition) is 4. The van der Waals surface area contributed by atoms with Crippen LogP contribution in [0.3, 0.4) is 0 Å². The summed E-state index contributed by atoms with van der Waals surface area (Å²) >= 11 is 0. The number of nitrogens with zero attached hydrogens (tertiary/aromatic N) is 2. The molecule has 0 spiro atoms. The van der Waals surface area contributed by atoms with Crippen molar-refractivity contribution in [3.63, 3.8) is 0 Å². The minimum Gasteiger partial charge on any atom is -0.368 e. The van der Waals surface area contributed by atoms with Crippen molar-refractivity contribution in [3.05, 3.63) is 52.8 Å². The Labute approximate surface area is 142 Å². The molecular formula is C19H24N4O. The molecule has 2 aromatic rings. The van der Waals surface area contributed by atoms with Crippen LogP contribution in [0.1, 0.15) is 59.9 Å². The summed E-state index contributed by atoms with van der Waals surface area (Å²) in [6, 6.07) is 10.0. The van der Waals surface area contributed by atoms with Gasteiger partial charge in [0.15, 0.2) is 0 Å². The lowest BCUT2D eigenvalue weighted by Crippen LogP contribution is -2.39. The molecule has 0 atom stereocenters. The molecule has 126 valence electrons. The van der Waals surface area contributed by atoms with E-state index in [1.54, 1.807) is 6.07 Å². The van der Waals surface area contributed by atoms with E-state index in [1.807, 2.05) is 26.0 Å². The van der Waals surface area contributed by atoms with Crippen molar-refractivity contribution >= 4 is 11.9 Å². The summed E-state index contributed by atoms with van der Waals surface area (Å²) in [5.74, 6) is 0.177. The third-order valence-corrected chi connectivity index (χ3v) is 4.61. The Morgan fingerprint density at radius 1 is 1.29 bits per heavy atom. The maximum atomic E-state index is 12.6. The second kappa shape index (κ2) is 6.23. The largest absolute Gasteiger partial charge is 0.368 e. The fourth-order valence-corrected chi connectivity index (χ4v) is 2.87. The predicted octanol–water partition coefficient (Wildman–Crippen LogP) is 3.00. The van der Waals surface area contributed by atoms with Crippen LogP contribution in [-0.2, 0) is 6.42 Å². The Balaban J connectivity index is 1.76. The normalized spacial score (nSPS) is 15.3. The zero-order chi connectivity index (χ0) is 17.3. The lowest BCUT2D eigenvalue weighted by atomic mass is 9.99. The first-order chi connectivity index (χ1) is 11.4. The molecule has 1 heterocycles. The predicted molar refractivity (Wildman–Crippen MR) is 94.8 cm³/mol. The van der Waals surface area contributed by atoms with Crippen LogP contribution in [0.2, 0.25) is 0 Å². The molecule has 1 aromatic heterocycles. The maximum absolute atomic E-state index is 12.6. The number of aryl methyl sites for hydroxylation is 1. The van der Waals surface area contributed by atoms with E-state index in [0.717, 1.165) is 25.0 Å². The molecule has 0 aliphatic heterocycles. The molecular weight excluding hydrogens is 300 g/mol. The van der Waals surface area contributed by atoms with Gasteiger partial charge in [-0.3, -0.25) is 4.79 Å². The monoisotopic (exact) mass is 324 g/mol. The van der Waals surface area contributed by atoms with Gasteiger partial charge in [0.25, 0.3) is 5.91 Å². The average molecular weight is 324 g/mol. The molecule has 1 fully saturated rings. The lowest BCUT2D eigenvalue weighted by Gasteiger charge is -2.19. The number of carbonyl (C=O) groups excluding carboxylic acids is 1. The number of nitrogens with two attached hydrogens (primary N) is 1. The molecule has 1 amide bonds. The Morgan fingerprint density at radius 2 is 2.00 bits per heavy atom. The summed E-state index contributed by atoms with van der Waals surface area (Å²) in [5, 5.41) is 3.17. The van der Waals surface area contributed by atoms with Crippen LogP contribution >= 0.6 is 0 Å². The standard InChI is InChI=1S/C19H24N4O/c1-12(2)15-10-16(22-18(20)21-15)17(24)23-19(8-9-19)11-14-7-5-4-6-13(14)3/h4-7,10,12H,8-9,11H2,1-3H3,(H,23,24)(H2,20,21,22). The van der Waals surface area contributed by atoms with Crippen LogP contribution in [0.5, 0.6) is 0 Å². The van der Waals surface area contributed by atoms with Crippen LogP contribution in [0.25, 0.3) is 0 Å². The summed E-state index contributed by atoms with van der Waals surface area (Å²) < 4.78 is 0. The number of nitrogen functional groups attached to an aromatic ring is 1. The first kappa shape index (κ1) is 16.4. The van der Waals surface area contributed by atoms with E-state index in [4.69, 9.17) is 5.73 Å². The molecule has 1 saturated carbocycles. The topological polar surface area (TPSA) is 80.9 Å². The summed E-state index contributed by atoms with van der Waals surface area (Å²) in [6.45, 7) is 6.14. The fraction of sp³-hybridized carbons (Fsp3) is 0.421. The minimum atomic E-state index is -0.169. The van der Waals surface area contributed by atoms with Gasteiger partial charge in [0.2, 0.25) is 5.95 Å². The number of amides is 1. The van der Waals surface area contributed by atoms with Crippen molar-refractivity contribution in [2.75, 3.05) is 5.73 Å². The van der Waals surface area contributed by atoms with E-state index in [1.165, 1.54) is 11.1 Å². The number of rotatable bonds is 5. The molecule has 3 N–H and O–H groups in total. The van der Waals surface area contributed by atoms with Gasteiger partial charge in [-0.2, -0.15) is 0 Å². The zero-order valence-electron chi connectivity index (χ0n) is 14.5. The molecule has 5 nitrogen and oxygen atoms in total. The van der Waals surface area contributed by atoms with Crippen LogP contribution in [0.15, 0.2) is 30.3 Å². The van der Waals surface area contributed by atoms with E-state index < -0.39 is 0 Å². The molecule has 1 aromatic carbocycles. The fourth-order valence-electron chi connectivity index (χ4n) is 2.87. The third-order valence-electron chi connectivity index (χ3n) is 4.61. The Morgan fingerprint density at radius 3 is 2.62 bits per heavy atom. The van der Waals surface area contributed by atoms with Gasteiger partial charge in [-0.05, 0) is 49.3 Å². The maximum Gasteiger partial charge on any atom is 0.270 e. The number of nitrogens with one attached hydrogen (secondary N) is 1. The molecule has 1 aliphatic carbocycles. The highest BCUT2D eigenvalue weighted by Crippen LogP contribution is 2.39. The van der Waals surface area contributed by atoms with Gasteiger partial charge in [-0.15, -0.1) is 0 Å². The number of carbonyl (C=O) groups is 1.